The zero-order valence-corrected chi connectivity index (χ0v) is 33.1. The Morgan fingerprint density at radius 1 is 0.267 bits per heavy atom. The fraction of sp³-hybridized carbons (Fsp3) is 0.0169. The van der Waals surface area contributed by atoms with E-state index < -0.39 is 5.41 Å². The molecule has 0 saturated carbocycles. The average molecular weight is 764 g/mol. The number of fused-ring (bicyclic) bond motifs is 5. The van der Waals surface area contributed by atoms with Crippen molar-refractivity contribution in [1.82, 2.24) is 0 Å². The highest BCUT2D eigenvalue weighted by Gasteiger charge is 2.48. The van der Waals surface area contributed by atoms with Crippen molar-refractivity contribution in [1.29, 1.82) is 0 Å². The van der Waals surface area contributed by atoms with Crippen LogP contribution in [0, 0.1) is 0 Å². The van der Waals surface area contributed by atoms with Crippen LogP contribution in [0.2, 0.25) is 0 Å². The summed E-state index contributed by atoms with van der Waals surface area (Å²) in [6, 6.07) is 90.9. The standard InChI is InChI=1S/C59H41N/c1-6-20-42(21-7-1)43-34-38-49(39-35-43)60(48-28-14-5-15-29-48)50-40-36-45(37-41-50)55-51-30-16-17-31-52(51)58-57(56(55)44-22-8-2-9-23-44)53-32-18-19-33-54(53)59(58,46-24-10-3-11-25-46)47-26-12-4-13-27-47/h1-41H. The molecule has 0 aromatic heterocycles. The lowest BCUT2D eigenvalue weighted by atomic mass is 9.66. The molecule has 0 heterocycles. The van der Waals surface area contributed by atoms with Crippen LogP contribution in [-0.2, 0) is 5.41 Å². The Bertz CT molecular complexity index is 3050. The van der Waals surface area contributed by atoms with Crippen molar-refractivity contribution in [3.8, 4) is 44.5 Å². The van der Waals surface area contributed by atoms with Gasteiger partial charge in [-0.3, -0.25) is 0 Å². The number of hydrogen-bond acceptors (Lipinski definition) is 1. The Morgan fingerprint density at radius 2 is 0.667 bits per heavy atom. The quantitative estimate of drug-likeness (QED) is 0.149. The molecule has 0 spiro atoms. The number of hydrogen-bond donors (Lipinski definition) is 0. The third-order valence-electron chi connectivity index (χ3n) is 12.3. The summed E-state index contributed by atoms with van der Waals surface area (Å²) in [6.07, 6.45) is 0. The molecule has 11 rings (SSSR count). The Labute approximate surface area is 352 Å². The Kier molecular flexibility index (Phi) is 8.79. The van der Waals surface area contributed by atoms with Crippen molar-refractivity contribution in [2.75, 3.05) is 4.90 Å². The number of rotatable bonds is 8. The normalized spacial score (nSPS) is 12.5. The topological polar surface area (TPSA) is 3.24 Å². The van der Waals surface area contributed by atoms with Gasteiger partial charge in [0.1, 0.15) is 0 Å². The van der Waals surface area contributed by atoms with Crippen molar-refractivity contribution < 1.29 is 0 Å². The molecule has 0 aliphatic heterocycles. The first kappa shape index (κ1) is 35.4. The van der Waals surface area contributed by atoms with E-state index in [0.717, 1.165) is 17.1 Å². The molecular formula is C59H41N. The summed E-state index contributed by atoms with van der Waals surface area (Å²) in [5, 5.41) is 2.50. The third kappa shape index (κ3) is 5.70. The molecule has 0 N–H and O–H groups in total. The van der Waals surface area contributed by atoms with Gasteiger partial charge < -0.3 is 4.90 Å². The second-order valence-electron chi connectivity index (χ2n) is 15.6. The highest BCUT2D eigenvalue weighted by Crippen LogP contribution is 2.62. The minimum atomic E-state index is -0.536. The van der Waals surface area contributed by atoms with Gasteiger partial charge in [-0.1, -0.05) is 212 Å². The molecule has 1 aliphatic rings. The monoisotopic (exact) mass is 763 g/mol. The van der Waals surface area contributed by atoms with Crippen LogP contribution in [0.1, 0.15) is 22.3 Å². The first-order chi connectivity index (χ1) is 29.8. The maximum atomic E-state index is 2.36. The zero-order valence-electron chi connectivity index (χ0n) is 33.1. The van der Waals surface area contributed by atoms with Gasteiger partial charge >= 0.3 is 0 Å². The highest BCUT2D eigenvalue weighted by atomic mass is 15.1. The van der Waals surface area contributed by atoms with Crippen LogP contribution in [0.25, 0.3) is 55.3 Å². The van der Waals surface area contributed by atoms with Crippen LogP contribution in [0.15, 0.2) is 249 Å². The molecule has 1 nitrogen and oxygen atoms in total. The van der Waals surface area contributed by atoms with E-state index >= 15 is 0 Å². The second-order valence-corrected chi connectivity index (χ2v) is 15.6. The number of benzene rings is 10. The molecule has 10 aromatic rings. The largest absolute Gasteiger partial charge is 0.311 e. The average Bonchev–Trinajstić information content (AvgIpc) is 3.65. The number of anilines is 3. The summed E-state index contributed by atoms with van der Waals surface area (Å²) in [4.78, 5) is 2.35. The summed E-state index contributed by atoms with van der Waals surface area (Å²) < 4.78 is 0. The van der Waals surface area contributed by atoms with E-state index in [1.807, 2.05) is 0 Å². The van der Waals surface area contributed by atoms with Crippen molar-refractivity contribution in [2.45, 2.75) is 5.41 Å². The van der Waals surface area contributed by atoms with Crippen LogP contribution >= 0.6 is 0 Å². The lowest BCUT2D eigenvalue weighted by Crippen LogP contribution is -2.28. The molecule has 0 bridgehead atoms. The highest BCUT2D eigenvalue weighted by molar-refractivity contribution is 6.15. The Hall–Kier alpha value is -7.74. The predicted molar refractivity (Wildman–Crippen MR) is 252 cm³/mol. The van der Waals surface area contributed by atoms with Crippen molar-refractivity contribution in [2.24, 2.45) is 0 Å². The van der Waals surface area contributed by atoms with E-state index in [1.165, 1.54) is 77.5 Å². The lowest BCUT2D eigenvalue weighted by molar-refractivity contribution is 0.775. The van der Waals surface area contributed by atoms with Gasteiger partial charge in [0.25, 0.3) is 0 Å². The molecule has 282 valence electrons. The van der Waals surface area contributed by atoms with Gasteiger partial charge in [0.05, 0.1) is 5.41 Å². The smallest absolute Gasteiger partial charge is 0.0719 e. The first-order valence-corrected chi connectivity index (χ1v) is 20.8. The van der Waals surface area contributed by atoms with Crippen molar-refractivity contribution in [3.63, 3.8) is 0 Å². The molecule has 0 fully saturated rings. The minimum Gasteiger partial charge on any atom is -0.311 e. The lowest BCUT2D eigenvalue weighted by Gasteiger charge is -2.35. The first-order valence-electron chi connectivity index (χ1n) is 20.8. The molecule has 60 heavy (non-hydrogen) atoms. The van der Waals surface area contributed by atoms with Crippen LogP contribution < -0.4 is 4.90 Å². The molecule has 0 radical (unpaired) electrons. The van der Waals surface area contributed by atoms with Crippen LogP contribution in [0.4, 0.5) is 17.1 Å². The summed E-state index contributed by atoms with van der Waals surface area (Å²) in [5.41, 5.74) is 17.8. The van der Waals surface area contributed by atoms with E-state index in [9.17, 15) is 0 Å². The van der Waals surface area contributed by atoms with Gasteiger partial charge in [-0.2, -0.15) is 0 Å². The molecular weight excluding hydrogens is 723 g/mol. The SMILES string of the molecule is c1ccc(-c2ccc(N(c3ccccc3)c3ccc(-c4c(-c5ccccc5)c5c(c6ccccc46)C(c4ccccc4)(c4ccccc4)c4ccccc4-5)cc3)cc2)cc1. The molecule has 1 aliphatic carbocycles. The van der Waals surface area contributed by atoms with Crippen molar-refractivity contribution >= 4 is 27.8 Å². The number of nitrogens with zero attached hydrogens (tertiary/aromatic N) is 1. The van der Waals surface area contributed by atoms with Crippen molar-refractivity contribution in [3.05, 3.63) is 271 Å². The maximum absolute atomic E-state index is 2.36. The third-order valence-corrected chi connectivity index (χ3v) is 12.3. The summed E-state index contributed by atoms with van der Waals surface area (Å²) in [7, 11) is 0. The van der Waals surface area contributed by atoms with Crippen LogP contribution in [0.5, 0.6) is 0 Å². The van der Waals surface area contributed by atoms with Crippen LogP contribution in [0.3, 0.4) is 0 Å². The Balaban J connectivity index is 1.17. The molecule has 0 unspecified atom stereocenters. The summed E-state index contributed by atoms with van der Waals surface area (Å²) >= 11 is 0. The van der Waals surface area contributed by atoms with Gasteiger partial charge in [-0.15, -0.1) is 0 Å². The van der Waals surface area contributed by atoms with E-state index in [1.54, 1.807) is 0 Å². The van der Waals surface area contributed by atoms with Gasteiger partial charge in [-0.05, 0) is 114 Å². The van der Waals surface area contributed by atoms with E-state index in [-0.39, 0.29) is 0 Å². The van der Waals surface area contributed by atoms with Gasteiger partial charge in [0, 0.05) is 17.1 Å². The zero-order chi connectivity index (χ0) is 39.9. The van der Waals surface area contributed by atoms with Crippen LogP contribution in [-0.4, -0.2) is 0 Å². The fourth-order valence-corrected chi connectivity index (χ4v) is 9.83. The van der Waals surface area contributed by atoms with Gasteiger partial charge in [0.2, 0.25) is 0 Å². The van der Waals surface area contributed by atoms with E-state index in [4.69, 9.17) is 0 Å². The predicted octanol–water partition coefficient (Wildman–Crippen LogP) is 15.7. The Morgan fingerprint density at radius 3 is 1.25 bits per heavy atom. The molecule has 0 atom stereocenters. The molecule has 0 saturated heterocycles. The maximum Gasteiger partial charge on any atom is 0.0719 e. The fourth-order valence-electron chi connectivity index (χ4n) is 9.83. The summed E-state index contributed by atoms with van der Waals surface area (Å²) in [6.45, 7) is 0. The van der Waals surface area contributed by atoms with Gasteiger partial charge in [-0.25, -0.2) is 0 Å². The molecule has 0 amide bonds. The molecule has 1 heteroatoms. The minimum absolute atomic E-state index is 0.536. The molecule has 10 aromatic carbocycles. The van der Waals surface area contributed by atoms with E-state index in [0.29, 0.717) is 0 Å². The number of para-hydroxylation sites is 1. The summed E-state index contributed by atoms with van der Waals surface area (Å²) in [5.74, 6) is 0. The van der Waals surface area contributed by atoms with Gasteiger partial charge in [0.15, 0.2) is 0 Å². The van der Waals surface area contributed by atoms with E-state index in [2.05, 4.69) is 254 Å². The second kappa shape index (κ2) is 14.9.